The van der Waals surface area contributed by atoms with Crippen LogP contribution < -0.4 is 10.0 Å². The van der Waals surface area contributed by atoms with Crippen molar-refractivity contribution in [2.24, 2.45) is 0 Å². The van der Waals surface area contributed by atoms with E-state index in [0.29, 0.717) is 17.1 Å². The average molecular weight is 462 g/mol. The van der Waals surface area contributed by atoms with E-state index in [0.717, 1.165) is 16.8 Å². The number of carbonyl (C=O) groups is 1. The second-order valence-corrected chi connectivity index (χ2v) is 9.40. The molecule has 0 aliphatic heterocycles. The number of rotatable bonds is 6. The lowest BCUT2D eigenvalue weighted by atomic mass is 10.2. The number of amides is 1. The molecule has 0 aliphatic carbocycles. The first kappa shape index (κ1) is 22.2. The highest BCUT2D eigenvalue weighted by molar-refractivity contribution is 7.92. The van der Waals surface area contributed by atoms with Crippen LogP contribution in [0.3, 0.4) is 0 Å². The van der Waals surface area contributed by atoms with E-state index in [2.05, 4.69) is 20.4 Å². The number of carbonyl (C=O) groups excluding carboxylic acids is 1. The van der Waals surface area contributed by atoms with Crippen LogP contribution in [0.4, 0.5) is 11.4 Å². The van der Waals surface area contributed by atoms with Crippen LogP contribution in [0.25, 0.3) is 5.69 Å². The van der Waals surface area contributed by atoms with E-state index < -0.39 is 15.9 Å². The maximum atomic E-state index is 12.7. The fourth-order valence-corrected chi connectivity index (χ4v) is 4.27. The Kier molecular flexibility index (Phi) is 5.97. The lowest BCUT2D eigenvalue weighted by Gasteiger charge is -2.10. The lowest BCUT2D eigenvalue weighted by Crippen LogP contribution is -2.15. The molecule has 0 saturated heterocycles. The van der Waals surface area contributed by atoms with Crippen molar-refractivity contribution in [2.45, 2.75) is 25.7 Å². The highest BCUT2D eigenvalue weighted by Gasteiger charge is 2.18. The van der Waals surface area contributed by atoms with Crippen LogP contribution in [0.2, 0.25) is 0 Å². The minimum absolute atomic E-state index is 0.178. The molecule has 9 heteroatoms. The molecular formula is C24H23N5O3S. The summed E-state index contributed by atoms with van der Waals surface area (Å²) in [4.78, 5) is 12.9. The third-order valence-electron chi connectivity index (χ3n) is 5.11. The summed E-state index contributed by atoms with van der Waals surface area (Å²) in [6.45, 7) is 5.66. The first-order valence-corrected chi connectivity index (χ1v) is 11.7. The zero-order valence-electron chi connectivity index (χ0n) is 18.4. The van der Waals surface area contributed by atoms with Crippen LogP contribution >= 0.6 is 0 Å². The molecule has 4 aromatic rings. The van der Waals surface area contributed by atoms with Crippen molar-refractivity contribution in [1.29, 1.82) is 0 Å². The number of hydrogen-bond donors (Lipinski definition) is 2. The number of sulfonamides is 1. The molecule has 0 saturated carbocycles. The molecule has 0 atom stereocenters. The quantitative estimate of drug-likeness (QED) is 0.447. The predicted octanol–water partition coefficient (Wildman–Crippen LogP) is 4.25. The SMILES string of the molecule is Cc1ccc(-n2nnc(C(=O)Nc3ccc(NS(=O)(=O)c4ccc(C)cc4)cc3)c2C)cc1. The van der Waals surface area contributed by atoms with Crippen molar-refractivity contribution in [3.63, 3.8) is 0 Å². The van der Waals surface area contributed by atoms with Crippen LogP contribution in [-0.4, -0.2) is 29.3 Å². The zero-order valence-corrected chi connectivity index (χ0v) is 19.2. The Morgan fingerprint density at radius 2 is 1.33 bits per heavy atom. The second-order valence-electron chi connectivity index (χ2n) is 7.72. The summed E-state index contributed by atoms with van der Waals surface area (Å²) in [5, 5.41) is 10.9. The second kappa shape index (κ2) is 8.87. The maximum Gasteiger partial charge on any atom is 0.278 e. The Balaban J connectivity index is 1.45. The molecule has 1 aromatic heterocycles. The summed E-state index contributed by atoms with van der Waals surface area (Å²) < 4.78 is 29.2. The van der Waals surface area contributed by atoms with Crippen LogP contribution in [0.1, 0.15) is 27.3 Å². The highest BCUT2D eigenvalue weighted by Crippen LogP contribution is 2.20. The third kappa shape index (κ3) is 4.93. The van der Waals surface area contributed by atoms with E-state index >= 15 is 0 Å². The Hall–Kier alpha value is -3.98. The van der Waals surface area contributed by atoms with E-state index in [1.54, 1.807) is 60.1 Å². The van der Waals surface area contributed by atoms with Crippen molar-refractivity contribution in [3.8, 4) is 5.69 Å². The normalized spacial score (nSPS) is 11.2. The monoisotopic (exact) mass is 461 g/mol. The van der Waals surface area contributed by atoms with Gasteiger partial charge in [-0.25, -0.2) is 13.1 Å². The molecule has 0 aliphatic rings. The molecule has 8 nitrogen and oxygen atoms in total. The van der Waals surface area contributed by atoms with E-state index in [-0.39, 0.29) is 10.6 Å². The molecule has 0 bridgehead atoms. The molecule has 0 unspecified atom stereocenters. The van der Waals surface area contributed by atoms with Gasteiger partial charge in [0.1, 0.15) is 0 Å². The molecular weight excluding hydrogens is 438 g/mol. The molecule has 3 aromatic carbocycles. The zero-order chi connectivity index (χ0) is 23.6. The summed E-state index contributed by atoms with van der Waals surface area (Å²) in [5.74, 6) is -0.404. The Morgan fingerprint density at radius 3 is 1.94 bits per heavy atom. The van der Waals surface area contributed by atoms with Gasteiger partial charge in [-0.15, -0.1) is 5.10 Å². The number of anilines is 2. The minimum Gasteiger partial charge on any atom is -0.321 e. The van der Waals surface area contributed by atoms with Crippen molar-refractivity contribution < 1.29 is 13.2 Å². The summed E-state index contributed by atoms with van der Waals surface area (Å²) >= 11 is 0. The molecule has 1 amide bonds. The van der Waals surface area contributed by atoms with Crippen molar-refractivity contribution >= 4 is 27.3 Å². The van der Waals surface area contributed by atoms with Crippen LogP contribution in [0.15, 0.2) is 77.7 Å². The Labute approximate surface area is 192 Å². The van der Waals surface area contributed by atoms with Gasteiger partial charge in [0.15, 0.2) is 5.69 Å². The number of nitrogens with zero attached hydrogens (tertiary/aromatic N) is 3. The Bertz CT molecular complexity index is 1390. The van der Waals surface area contributed by atoms with Gasteiger partial charge in [0.25, 0.3) is 15.9 Å². The average Bonchev–Trinajstić information content (AvgIpc) is 3.17. The molecule has 1 heterocycles. The van der Waals surface area contributed by atoms with Gasteiger partial charge in [0, 0.05) is 11.4 Å². The number of hydrogen-bond acceptors (Lipinski definition) is 5. The van der Waals surface area contributed by atoms with Gasteiger partial charge in [0.05, 0.1) is 16.3 Å². The van der Waals surface area contributed by atoms with Crippen molar-refractivity contribution in [2.75, 3.05) is 10.0 Å². The van der Waals surface area contributed by atoms with Crippen LogP contribution in [0, 0.1) is 20.8 Å². The fourth-order valence-electron chi connectivity index (χ4n) is 3.21. The maximum absolute atomic E-state index is 12.7. The van der Waals surface area contributed by atoms with Gasteiger partial charge in [-0.3, -0.25) is 9.52 Å². The largest absolute Gasteiger partial charge is 0.321 e. The topological polar surface area (TPSA) is 106 Å². The highest BCUT2D eigenvalue weighted by atomic mass is 32.2. The fraction of sp³-hybridized carbons (Fsp3) is 0.125. The van der Waals surface area contributed by atoms with Gasteiger partial charge in [-0.1, -0.05) is 40.6 Å². The number of benzene rings is 3. The van der Waals surface area contributed by atoms with Gasteiger partial charge >= 0.3 is 0 Å². The third-order valence-corrected chi connectivity index (χ3v) is 6.51. The van der Waals surface area contributed by atoms with Gasteiger partial charge in [-0.05, 0) is 69.3 Å². The molecule has 4 rings (SSSR count). The van der Waals surface area contributed by atoms with Crippen molar-refractivity contribution in [3.05, 3.63) is 95.3 Å². The van der Waals surface area contributed by atoms with E-state index in [9.17, 15) is 13.2 Å². The summed E-state index contributed by atoms with van der Waals surface area (Å²) in [7, 11) is -3.70. The van der Waals surface area contributed by atoms with E-state index in [4.69, 9.17) is 0 Å². The van der Waals surface area contributed by atoms with E-state index in [1.807, 2.05) is 38.1 Å². The number of nitrogens with one attached hydrogen (secondary N) is 2. The summed E-state index contributed by atoms with van der Waals surface area (Å²) in [6, 6.07) is 20.7. The van der Waals surface area contributed by atoms with Gasteiger partial charge in [-0.2, -0.15) is 0 Å². The first-order valence-electron chi connectivity index (χ1n) is 10.2. The predicted molar refractivity (Wildman–Crippen MR) is 127 cm³/mol. The van der Waals surface area contributed by atoms with E-state index in [1.165, 1.54) is 0 Å². The van der Waals surface area contributed by atoms with Crippen LogP contribution in [0.5, 0.6) is 0 Å². The smallest absolute Gasteiger partial charge is 0.278 e. The first-order chi connectivity index (χ1) is 15.7. The number of aromatic nitrogens is 3. The van der Waals surface area contributed by atoms with Gasteiger partial charge < -0.3 is 5.32 Å². The molecule has 0 spiro atoms. The molecule has 2 N–H and O–H groups in total. The molecule has 0 fully saturated rings. The molecule has 0 radical (unpaired) electrons. The summed E-state index contributed by atoms with van der Waals surface area (Å²) in [6.07, 6.45) is 0. The lowest BCUT2D eigenvalue weighted by molar-refractivity contribution is 0.102. The molecule has 33 heavy (non-hydrogen) atoms. The summed E-state index contributed by atoms with van der Waals surface area (Å²) in [5.41, 5.74) is 4.62. The van der Waals surface area contributed by atoms with Crippen molar-refractivity contribution in [1.82, 2.24) is 15.0 Å². The van der Waals surface area contributed by atoms with Crippen LogP contribution in [-0.2, 0) is 10.0 Å². The minimum atomic E-state index is -3.70. The number of aryl methyl sites for hydroxylation is 2. The standard InChI is InChI=1S/C24H23N5O3S/c1-16-4-12-21(13-5-16)29-18(3)23(26-28-29)24(30)25-19-8-10-20(11-9-19)27-33(31,32)22-14-6-17(2)7-15-22/h4-15,27H,1-3H3,(H,25,30). The van der Waals surface area contributed by atoms with Gasteiger partial charge in [0.2, 0.25) is 0 Å². The Morgan fingerprint density at radius 1 is 0.788 bits per heavy atom. The molecule has 168 valence electrons.